The summed E-state index contributed by atoms with van der Waals surface area (Å²) in [5.41, 5.74) is 2.24. The molecule has 0 fully saturated rings. The monoisotopic (exact) mass is 267 g/mol. The van der Waals surface area contributed by atoms with Gasteiger partial charge in [0.1, 0.15) is 0 Å². The molecule has 0 aromatic carbocycles. The number of pyridine rings is 1. The first-order chi connectivity index (χ1) is 8.69. The van der Waals surface area contributed by atoms with Gasteiger partial charge in [-0.1, -0.05) is 25.5 Å². The Labute approximate surface area is 115 Å². The van der Waals surface area contributed by atoms with Gasteiger partial charge in [0.15, 0.2) is 5.69 Å². The number of ether oxygens (including phenoxy) is 1. The summed E-state index contributed by atoms with van der Waals surface area (Å²) in [6.07, 6.45) is 9.69. The second-order valence-corrected chi connectivity index (χ2v) is 3.62. The van der Waals surface area contributed by atoms with E-state index in [4.69, 9.17) is 0 Å². The van der Waals surface area contributed by atoms with Gasteiger partial charge in [-0.25, -0.2) is 9.78 Å². The summed E-state index contributed by atoms with van der Waals surface area (Å²) in [4.78, 5) is 15.4. The lowest BCUT2D eigenvalue weighted by molar-refractivity contribution is 0.0593. The third-order valence-electron chi connectivity index (χ3n) is 2.24. The van der Waals surface area contributed by atoms with Crippen molar-refractivity contribution in [2.24, 2.45) is 0 Å². The minimum absolute atomic E-state index is 0.384. The third-order valence-corrected chi connectivity index (χ3v) is 2.24. The van der Waals surface area contributed by atoms with Crippen LogP contribution in [0.5, 0.6) is 0 Å². The predicted octanol–water partition coefficient (Wildman–Crippen LogP) is 3.54. The average molecular weight is 267 g/mol. The van der Waals surface area contributed by atoms with Crippen LogP contribution in [-0.2, 0) is 4.74 Å². The van der Waals surface area contributed by atoms with E-state index >= 15 is 0 Å². The van der Waals surface area contributed by atoms with E-state index in [1.807, 2.05) is 19.1 Å². The van der Waals surface area contributed by atoms with Gasteiger partial charge in [0, 0.05) is 6.20 Å². The quantitative estimate of drug-likeness (QED) is 0.670. The second kappa shape index (κ2) is 9.71. The maximum absolute atomic E-state index is 11.3. The number of unbranched alkanes of at least 4 members (excludes halogenated alkanes) is 1. The molecule has 100 valence electrons. The van der Waals surface area contributed by atoms with Crippen LogP contribution in [0.15, 0.2) is 18.3 Å². The largest absolute Gasteiger partial charge is 0.464 e. The molecule has 0 aliphatic rings. The van der Waals surface area contributed by atoms with E-state index in [1.165, 1.54) is 7.11 Å². The first kappa shape index (κ1) is 16.7. The molecule has 1 aromatic heterocycles. The van der Waals surface area contributed by atoms with Gasteiger partial charge < -0.3 is 4.74 Å². The molecule has 0 unspecified atom stereocenters. The molecule has 4 heteroatoms. The SMILES string of the molecule is CCC/C=C/c1cnc(C(=O)OC)c(C)c1.CS. The van der Waals surface area contributed by atoms with Crippen molar-refractivity contribution in [3.05, 3.63) is 35.2 Å². The van der Waals surface area contributed by atoms with Crippen molar-refractivity contribution in [2.45, 2.75) is 26.7 Å². The van der Waals surface area contributed by atoms with Crippen molar-refractivity contribution in [1.29, 1.82) is 0 Å². The molecule has 0 aliphatic heterocycles. The average Bonchev–Trinajstić information content (AvgIpc) is 2.41. The van der Waals surface area contributed by atoms with E-state index in [2.05, 4.69) is 35.3 Å². The molecule has 0 amide bonds. The summed E-state index contributed by atoms with van der Waals surface area (Å²) in [6, 6.07) is 1.94. The number of carbonyl (C=O) groups is 1. The van der Waals surface area contributed by atoms with Crippen molar-refractivity contribution in [2.75, 3.05) is 13.4 Å². The lowest BCUT2D eigenvalue weighted by atomic mass is 10.1. The maximum atomic E-state index is 11.3. The first-order valence-electron chi connectivity index (χ1n) is 5.85. The van der Waals surface area contributed by atoms with Crippen LogP contribution in [0.4, 0.5) is 0 Å². The molecule has 0 saturated heterocycles. The summed E-state index contributed by atoms with van der Waals surface area (Å²) in [7, 11) is 1.36. The van der Waals surface area contributed by atoms with Crippen molar-refractivity contribution < 1.29 is 9.53 Å². The zero-order chi connectivity index (χ0) is 14.0. The maximum Gasteiger partial charge on any atom is 0.356 e. The molecule has 3 nitrogen and oxygen atoms in total. The van der Waals surface area contributed by atoms with Crippen molar-refractivity contribution >= 4 is 24.7 Å². The van der Waals surface area contributed by atoms with Crippen LogP contribution in [0.25, 0.3) is 6.08 Å². The molecule has 0 spiro atoms. The third kappa shape index (κ3) is 5.36. The number of hydrogen-bond donors (Lipinski definition) is 1. The molecule has 0 bridgehead atoms. The van der Waals surface area contributed by atoms with Crippen LogP contribution in [0.3, 0.4) is 0 Å². The Morgan fingerprint density at radius 3 is 2.67 bits per heavy atom. The molecular weight excluding hydrogens is 246 g/mol. The Bertz CT molecular complexity index is 403. The summed E-state index contributed by atoms with van der Waals surface area (Å²) in [5.74, 6) is -0.387. The van der Waals surface area contributed by atoms with Crippen LogP contribution >= 0.6 is 12.6 Å². The fourth-order valence-electron chi connectivity index (χ4n) is 1.38. The fraction of sp³-hybridized carbons (Fsp3) is 0.429. The number of esters is 1. The topological polar surface area (TPSA) is 39.2 Å². The van der Waals surface area contributed by atoms with Crippen LogP contribution in [-0.4, -0.2) is 24.3 Å². The van der Waals surface area contributed by atoms with Crippen molar-refractivity contribution in [3.8, 4) is 0 Å². The molecule has 1 rings (SSSR count). The summed E-state index contributed by atoms with van der Waals surface area (Å²) in [6.45, 7) is 3.99. The molecule has 18 heavy (non-hydrogen) atoms. The summed E-state index contributed by atoms with van der Waals surface area (Å²) in [5, 5.41) is 0. The molecule has 0 saturated carbocycles. The van der Waals surface area contributed by atoms with E-state index in [1.54, 1.807) is 12.5 Å². The molecule has 1 heterocycles. The lowest BCUT2D eigenvalue weighted by Gasteiger charge is -2.03. The van der Waals surface area contributed by atoms with Crippen molar-refractivity contribution in [3.63, 3.8) is 0 Å². The number of thiol groups is 1. The normalized spacial score (nSPS) is 9.83. The second-order valence-electron chi connectivity index (χ2n) is 3.62. The highest BCUT2D eigenvalue weighted by atomic mass is 32.1. The number of carbonyl (C=O) groups excluding carboxylic acids is 1. The molecule has 0 aliphatic carbocycles. The van der Waals surface area contributed by atoms with E-state index in [0.29, 0.717) is 5.69 Å². The van der Waals surface area contributed by atoms with Crippen LogP contribution < -0.4 is 0 Å². The van der Waals surface area contributed by atoms with Gasteiger partial charge in [-0.3, -0.25) is 0 Å². The Hall–Kier alpha value is -1.29. The molecular formula is C14H21NO2S. The minimum atomic E-state index is -0.387. The highest BCUT2D eigenvalue weighted by molar-refractivity contribution is 7.79. The van der Waals surface area contributed by atoms with E-state index in [-0.39, 0.29) is 5.97 Å². The number of aryl methyl sites for hydroxylation is 1. The van der Waals surface area contributed by atoms with Gasteiger partial charge in [0.05, 0.1) is 7.11 Å². The number of nitrogens with zero attached hydrogens (tertiary/aromatic N) is 1. The zero-order valence-corrected chi connectivity index (χ0v) is 12.3. The van der Waals surface area contributed by atoms with Crippen LogP contribution in [0, 0.1) is 6.92 Å². The highest BCUT2D eigenvalue weighted by Crippen LogP contribution is 2.10. The number of rotatable bonds is 4. The Morgan fingerprint density at radius 1 is 1.50 bits per heavy atom. The Morgan fingerprint density at radius 2 is 2.17 bits per heavy atom. The standard InChI is InChI=1S/C13H17NO2.CH4S/c1-4-5-6-7-11-8-10(2)12(14-9-11)13(15)16-3;1-2/h6-9H,4-5H2,1-3H3;2H,1H3/b7-6+;. The molecule has 1 aromatic rings. The molecule has 0 atom stereocenters. The van der Waals surface area contributed by atoms with Gasteiger partial charge >= 0.3 is 5.97 Å². The van der Waals surface area contributed by atoms with Crippen molar-refractivity contribution in [1.82, 2.24) is 4.98 Å². The number of hydrogen-bond acceptors (Lipinski definition) is 4. The van der Waals surface area contributed by atoms with E-state index in [9.17, 15) is 4.79 Å². The Balaban J connectivity index is 0.00000137. The number of aromatic nitrogens is 1. The molecule has 0 N–H and O–H groups in total. The van der Waals surface area contributed by atoms with Gasteiger partial charge in [-0.15, -0.1) is 0 Å². The smallest absolute Gasteiger partial charge is 0.356 e. The van der Waals surface area contributed by atoms with Gasteiger partial charge in [0.25, 0.3) is 0 Å². The number of methoxy groups -OCH3 is 1. The Kier molecular flexibility index (Phi) is 9.01. The minimum Gasteiger partial charge on any atom is -0.464 e. The van der Waals surface area contributed by atoms with Gasteiger partial charge in [0.2, 0.25) is 0 Å². The van der Waals surface area contributed by atoms with E-state index in [0.717, 1.165) is 24.0 Å². The zero-order valence-electron chi connectivity index (χ0n) is 11.4. The highest BCUT2D eigenvalue weighted by Gasteiger charge is 2.10. The molecule has 0 radical (unpaired) electrons. The van der Waals surface area contributed by atoms with Crippen LogP contribution in [0.1, 0.15) is 41.4 Å². The van der Waals surface area contributed by atoms with E-state index < -0.39 is 0 Å². The van der Waals surface area contributed by atoms with Gasteiger partial charge in [-0.05, 0) is 36.8 Å². The summed E-state index contributed by atoms with van der Waals surface area (Å²) < 4.78 is 4.64. The lowest BCUT2D eigenvalue weighted by Crippen LogP contribution is -2.06. The van der Waals surface area contributed by atoms with Crippen LogP contribution in [0.2, 0.25) is 0 Å². The fourth-order valence-corrected chi connectivity index (χ4v) is 1.38. The first-order valence-corrected chi connectivity index (χ1v) is 6.74. The predicted molar refractivity (Wildman–Crippen MR) is 79.2 cm³/mol. The number of allylic oxidation sites excluding steroid dienone is 1. The summed E-state index contributed by atoms with van der Waals surface area (Å²) >= 11 is 3.53. The van der Waals surface area contributed by atoms with Gasteiger partial charge in [-0.2, -0.15) is 12.6 Å².